The highest BCUT2D eigenvalue weighted by Crippen LogP contribution is 2.37. The van der Waals surface area contributed by atoms with E-state index in [1.54, 1.807) is 35.6 Å². The van der Waals surface area contributed by atoms with Crippen LogP contribution in [0.5, 0.6) is 0 Å². The number of hydrogen-bond donors (Lipinski definition) is 2. The van der Waals surface area contributed by atoms with Crippen LogP contribution in [0.2, 0.25) is 0 Å². The van der Waals surface area contributed by atoms with E-state index in [1.807, 2.05) is 6.07 Å². The van der Waals surface area contributed by atoms with E-state index in [4.69, 9.17) is 0 Å². The highest BCUT2D eigenvalue weighted by atomic mass is 32.1. The molecule has 1 saturated carbocycles. The van der Waals surface area contributed by atoms with Gasteiger partial charge in [-0.3, -0.25) is 9.59 Å². The molecule has 1 aliphatic carbocycles. The average molecular weight is 342 g/mol. The van der Waals surface area contributed by atoms with Gasteiger partial charge < -0.3 is 10.6 Å². The molecule has 2 N–H and O–H groups in total. The molecule has 0 radical (unpaired) electrons. The number of thiophene rings is 1. The van der Waals surface area contributed by atoms with E-state index in [-0.39, 0.29) is 17.9 Å². The van der Waals surface area contributed by atoms with Crippen LogP contribution < -0.4 is 10.6 Å². The first-order chi connectivity index (χ1) is 11.6. The number of amides is 2. The predicted molar refractivity (Wildman–Crippen MR) is 97.2 cm³/mol. The van der Waals surface area contributed by atoms with Crippen LogP contribution in [0.1, 0.15) is 53.9 Å². The van der Waals surface area contributed by atoms with Crippen LogP contribution in [0.25, 0.3) is 0 Å². The van der Waals surface area contributed by atoms with Crippen molar-refractivity contribution in [2.45, 2.75) is 38.6 Å². The summed E-state index contributed by atoms with van der Waals surface area (Å²) >= 11 is 1.70. The second kappa shape index (κ2) is 7.62. The third-order valence-corrected chi connectivity index (χ3v) is 5.43. The fourth-order valence-electron chi connectivity index (χ4n) is 3.31. The molecule has 24 heavy (non-hydrogen) atoms. The molecule has 126 valence electrons. The Kier molecular flexibility index (Phi) is 5.30. The zero-order chi connectivity index (χ0) is 16.9. The van der Waals surface area contributed by atoms with Crippen molar-refractivity contribution >= 4 is 28.8 Å². The van der Waals surface area contributed by atoms with E-state index in [2.05, 4.69) is 22.1 Å². The summed E-state index contributed by atoms with van der Waals surface area (Å²) in [6.07, 6.45) is 4.83. The van der Waals surface area contributed by atoms with E-state index in [0.29, 0.717) is 17.2 Å². The maximum absolute atomic E-state index is 12.6. The Hall–Kier alpha value is -2.14. The van der Waals surface area contributed by atoms with E-state index >= 15 is 0 Å². The monoisotopic (exact) mass is 342 g/mol. The molecule has 1 atom stereocenters. The van der Waals surface area contributed by atoms with Crippen molar-refractivity contribution in [1.29, 1.82) is 0 Å². The van der Waals surface area contributed by atoms with Crippen LogP contribution in [0.15, 0.2) is 41.8 Å². The topological polar surface area (TPSA) is 58.2 Å². The van der Waals surface area contributed by atoms with E-state index in [1.165, 1.54) is 37.5 Å². The van der Waals surface area contributed by atoms with Crippen molar-refractivity contribution < 1.29 is 9.59 Å². The first-order valence-electron chi connectivity index (χ1n) is 8.35. The van der Waals surface area contributed by atoms with E-state index in [9.17, 15) is 9.59 Å². The van der Waals surface area contributed by atoms with Crippen molar-refractivity contribution in [2.24, 2.45) is 5.92 Å². The first kappa shape index (κ1) is 16.7. The van der Waals surface area contributed by atoms with Crippen molar-refractivity contribution in [1.82, 2.24) is 5.32 Å². The molecule has 1 aromatic carbocycles. The van der Waals surface area contributed by atoms with Crippen LogP contribution in [0.4, 0.5) is 5.69 Å². The summed E-state index contributed by atoms with van der Waals surface area (Å²) in [5, 5.41) is 7.99. The predicted octanol–water partition coefficient (Wildman–Crippen LogP) is 4.37. The Morgan fingerprint density at radius 3 is 2.42 bits per heavy atom. The lowest BCUT2D eigenvalue weighted by molar-refractivity contribution is -0.114. The van der Waals surface area contributed by atoms with Gasteiger partial charge in [0.1, 0.15) is 0 Å². The second-order valence-corrected chi connectivity index (χ2v) is 7.25. The molecule has 5 heteroatoms. The molecule has 0 aliphatic heterocycles. The number of carbonyl (C=O) groups excluding carboxylic acids is 2. The van der Waals surface area contributed by atoms with Gasteiger partial charge in [0, 0.05) is 23.1 Å². The summed E-state index contributed by atoms with van der Waals surface area (Å²) in [6.45, 7) is 1.47. The molecule has 2 amide bonds. The molecular weight excluding hydrogens is 320 g/mol. The summed E-state index contributed by atoms with van der Waals surface area (Å²) in [6, 6.07) is 11.2. The average Bonchev–Trinajstić information content (AvgIpc) is 3.26. The lowest BCUT2D eigenvalue weighted by Gasteiger charge is -2.24. The molecule has 4 nitrogen and oxygen atoms in total. The van der Waals surface area contributed by atoms with E-state index in [0.717, 1.165) is 0 Å². The Balaban J connectivity index is 1.72. The maximum Gasteiger partial charge on any atom is 0.251 e. The Bertz CT molecular complexity index is 689. The van der Waals surface area contributed by atoms with Gasteiger partial charge in [0.2, 0.25) is 5.91 Å². The minimum atomic E-state index is -0.119. The lowest BCUT2D eigenvalue weighted by atomic mass is 9.96. The molecule has 3 rings (SSSR count). The number of anilines is 1. The maximum atomic E-state index is 12.6. The zero-order valence-electron chi connectivity index (χ0n) is 13.7. The quantitative estimate of drug-likeness (QED) is 0.848. The van der Waals surface area contributed by atoms with Crippen molar-refractivity contribution in [2.75, 3.05) is 5.32 Å². The number of carbonyl (C=O) groups is 2. The number of hydrogen-bond acceptors (Lipinski definition) is 3. The van der Waals surface area contributed by atoms with Gasteiger partial charge in [-0.15, -0.1) is 11.3 Å². The molecule has 0 saturated heterocycles. The highest BCUT2D eigenvalue weighted by Gasteiger charge is 2.28. The minimum absolute atomic E-state index is 0.0605. The summed E-state index contributed by atoms with van der Waals surface area (Å²) in [7, 11) is 0. The highest BCUT2D eigenvalue weighted by molar-refractivity contribution is 7.10. The van der Waals surface area contributed by atoms with Crippen LogP contribution in [0.3, 0.4) is 0 Å². The zero-order valence-corrected chi connectivity index (χ0v) is 14.6. The van der Waals surface area contributed by atoms with Crippen LogP contribution in [-0.2, 0) is 4.79 Å². The fourth-order valence-corrected chi connectivity index (χ4v) is 4.18. The first-order valence-corrected chi connectivity index (χ1v) is 9.23. The van der Waals surface area contributed by atoms with Crippen LogP contribution in [-0.4, -0.2) is 11.8 Å². The van der Waals surface area contributed by atoms with E-state index < -0.39 is 0 Å². The summed E-state index contributed by atoms with van der Waals surface area (Å²) in [4.78, 5) is 24.9. The van der Waals surface area contributed by atoms with Gasteiger partial charge in [0.15, 0.2) is 0 Å². The normalized spacial score (nSPS) is 15.9. The SMILES string of the molecule is CC(=O)Nc1ccc(C(=O)N[C@@H](c2cccs2)C2CCCC2)cc1. The smallest absolute Gasteiger partial charge is 0.251 e. The molecule has 1 aromatic heterocycles. The van der Waals surface area contributed by atoms with Crippen molar-refractivity contribution in [3.05, 3.63) is 52.2 Å². The number of rotatable bonds is 5. The third kappa shape index (κ3) is 4.03. The minimum Gasteiger partial charge on any atom is -0.344 e. The Morgan fingerprint density at radius 2 is 1.83 bits per heavy atom. The van der Waals surface area contributed by atoms with Crippen molar-refractivity contribution in [3.8, 4) is 0 Å². The van der Waals surface area contributed by atoms with Gasteiger partial charge in [-0.25, -0.2) is 0 Å². The van der Waals surface area contributed by atoms with Crippen LogP contribution >= 0.6 is 11.3 Å². The molecule has 2 aromatic rings. The number of benzene rings is 1. The molecule has 1 aliphatic rings. The summed E-state index contributed by atoms with van der Waals surface area (Å²) < 4.78 is 0. The summed E-state index contributed by atoms with van der Waals surface area (Å²) in [5.74, 6) is 0.340. The van der Waals surface area contributed by atoms with Gasteiger partial charge in [0.05, 0.1) is 6.04 Å². The van der Waals surface area contributed by atoms with Crippen LogP contribution in [0, 0.1) is 5.92 Å². The van der Waals surface area contributed by atoms with Gasteiger partial charge in [0.25, 0.3) is 5.91 Å². The largest absolute Gasteiger partial charge is 0.344 e. The fraction of sp³-hybridized carbons (Fsp3) is 0.368. The van der Waals surface area contributed by atoms with Gasteiger partial charge >= 0.3 is 0 Å². The third-order valence-electron chi connectivity index (χ3n) is 4.47. The number of nitrogens with one attached hydrogen (secondary N) is 2. The van der Waals surface area contributed by atoms with Gasteiger partial charge in [-0.05, 0) is 54.5 Å². The molecule has 0 unspecified atom stereocenters. The molecule has 0 bridgehead atoms. The second-order valence-electron chi connectivity index (χ2n) is 6.27. The molecule has 0 spiro atoms. The van der Waals surface area contributed by atoms with Gasteiger partial charge in [-0.2, -0.15) is 0 Å². The Labute approximate surface area is 146 Å². The molecule has 1 fully saturated rings. The summed E-state index contributed by atoms with van der Waals surface area (Å²) in [5.41, 5.74) is 1.31. The Morgan fingerprint density at radius 1 is 1.12 bits per heavy atom. The molecule has 1 heterocycles. The van der Waals surface area contributed by atoms with Gasteiger partial charge in [-0.1, -0.05) is 18.9 Å². The lowest BCUT2D eigenvalue weighted by Crippen LogP contribution is -2.32. The standard InChI is InChI=1S/C19H22N2O2S/c1-13(22)20-16-10-8-15(9-11-16)19(23)21-18(14-5-2-3-6-14)17-7-4-12-24-17/h4,7-12,14,18H,2-3,5-6H2,1H3,(H,20,22)(H,21,23)/t18-/m1/s1. The molecular formula is C19H22N2O2S. The van der Waals surface area contributed by atoms with Crippen molar-refractivity contribution in [3.63, 3.8) is 0 Å².